The summed E-state index contributed by atoms with van der Waals surface area (Å²) in [6.07, 6.45) is 0. The number of hydrogen-bond donors (Lipinski definition) is 4. The molecule has 0 aliphatic rings. The minimum atomic E-state index is -0.267. The lowest BCUT2D eigenvalue weighted by atomic mass is 10.1. The van der Waals surface area contributed by atoms with Gasteiger partial charge in [-0.05, 0) is 25.1 Å². The van der Waals surface area contributed by atoms with Gasteiger partial charge < -0.3 is 26.2 Å². The standard InChI is InChI=1S/C13H21N3O3/c1-3-15-13(18)9-4-5-11(14)12(6-9)16-10(7-17)8-19-2/h4-6,10,16-17H,3,7-8,14H2,1-2H3,(H,15,18). The molecule has 1 aromatic rings. The minimum Gasteiger partial charge on any atom is -0.397 e. The molecule has 1 aromatic carbocycles. The van der Waals surface area contributed by atoms with E-state index in [1.807, 2.05) is 6.92 Å². The Morgan fingerprint density at radius 2 is 2.26 bits per heavy atom. The molecule has 0 aromatic heterocycles. The zero-order valence-electron chi connectivity index (χ0n) is 11.3. The van der Waals surface area contributed by atoms with Crippen molar-refractivity contribution in [2.45, 2.75) is 13.0 Å². The van der Waals surface area contributed by atoms with Gasteiger partial charge in [0.25, 0.3) is 5.91 Å². The predicted molar refractivity (Wildman–Crippen MR) is 75.2 cm³/mol. The maximum atomic E-state index is 11.7. The molecule has 5 N–H and O–H groups in total. The highest BCUT2D eigenvalue weighted by Gasteiger charge is 2.11. The summed E-state index contributed by atoms with van der Waals surface area (Å²) in [7, 11) is 1.55. The van der Waals surface area contributed by atoms with Crippen LogP contribution in [0.4, 0.5) is 11.4 Å². The maximum absolute atomic E-state index is 11.7. The molecule has 19 heavy (non-hydrogen) atoms. The normalized spacial score (nSPS) is 11.9. The Morgan fingerprint density at radius 3 is 2.84 bits per heavy atom. The first-order chi connectivity index (χ1) is 9.12. The molecule has 0 spiro atoms. The Hall–Kier alpha value is -1.79. The number of hydrogen-bond acceptors (Lipinski definition) is 5. The largest absolute Gasteiger partial charge is 0.397 e. The van der Waals surface area contributed by atoms with Crippen LogP contribution in [0.25, 0.3) is 0 Å². The van der Waals surface area contributed by atoms with Crippen LogP contribution in [-0.4, -0.2) is 43.9 Å². The lowest BCUT2D eigenvalue weighted by Gasteiger charge is -2.18. The van der Waals surface area contributed by atoms with Gasteiger partial charge in [-0.2, -0.15) is 0 Å². The van der Waals surface area contributed by atoms with Gasteiger partial charge in [0.05, 0.1) is 30.6 Å². The van der Waals surface area contributed by atoms with Crippen LogP contribution in [0.5, 0.6) is 0 Å². The van der Waals surface area contributed by atoms with Gasteiger partial charge in [0.15, 0.2) is 0 Å². The van der Waals surface area contributed by atoms with Crippen LogP contribution in [-0.2, 0) is 4.74 Å². The minimum absolute atomic E-state index is 0.0847. The van der Waals surface area contributed by atoms with E-state index < -0.39 is 0 Å². The van der Waals surface area contributed by atoms with E-state index in [0.717, 1.165) is 0 Å². The van der Waals surface area contributed by atoms with Crippen molar-refractivity contribution in [1.29, 1.82) is 0 Å². The Morgan fingerprint density at radius 1 is 1.53 bits per heavy atom. The molecular formula is C13H21N3O3. The zero-order valence-corrected chi connectivity index (χ0v) is 11.3. The highest BCUT2D eigenvalue weighted by Crippen LogP contribution is 2.21. The van der Waals surface area contributed by atoms with E-state index in [0.29, 0.717) is 30.1 Å². The number of carbonyl (C=O) groups excluding carboxylic acids is 1. The van der Waals surface area contributed by atoms with Crippen molar-refractivity contribution >= 4 is 17.3 Å². The van der Waals surface area contributed by atoms with Gasteiger partial charge in [-0.3, -0.25) is 4.79 Å². The number of nitrogen functional groups attached to an aromatic ring is 1. The fourth-order valence-electron chi connectivity index (χ4n) is 1.65. The van der Waals surface area contributed by atoms with Gasteiger partial charge in [0.1, 0.15) is 0 Å². The number of aliphatic hydroxyl groups is 1. The quantitative estimate of drug-likeness (QED) is 0.537. The van der Waals surface area contributed by atoms with Crippen molar-refractivity contribution in [2.24, 2.45) is 0 Å². The number of nitrogens with two attached hydrogens (primary N) is 1. The van der Waals surface area contributed by atoms with Crippen molar-refractivity contribution in [2.75, 3.05) is 37.9 Å². The molecule has 1 rings (SSSR count). The van der Waals surface area contributed by atoms with E-state index in [1.165, 1.54) is 0 Å². The molecule has 0 radical (unpaired) electrons. The van der Waals surface area contributed by atoms with E-state index in [4.69, 9.17) is 10.5 Å². The van der Waals surface area contributed by atoms with Crippen molar-refractivity contribution in [3.63, 3.8) is 0 Å². The first kappa shape index (κ1) is 15.3. The molecule has 1 unspecified atom stereocenters. The van der Waals surface area contributed by atoms with Gasteiger partial charge in [0, 0.05) is 19.2 Å². The number of nitrogens with one attached hydrogen (secondary N) is 2. The number of ether oxygens (including phenoxy) is 1. The molecule has 0 aliphatic heterocycles. The summed E-state index contributed by atoms with van der Waals surface area (Å²) in [5.41, 5.74) is 7.49. The van der Waals surface area contributed by atoms with Crippen LogP contribution in [0.15, 0.2) is 18.2 Å². The molecule has 0 bridgehead atoms. The molecule has 0 aliphatic carbocycles. The average molecular weight is 267 g/mol. The molecule has 1 atom stereocenters. The average Bonchev–Trinajstić information content (AvgIpc) is 2.40. The van der Waals surface area contributed by atoms with Crippen LogP contribution >= 0.6 is 0 Å². The second-order valence-electron chi connectivity index (χ2n) is 4.14. The molecule has 6 nitrogen and oxygen atoms in total. The van der Waals surface area contributed by atoms with Crippen molar-refractivity contribution in [3.8, 4) is 0 Å². The molecule has 1 amide bonds. The molecule has 0 fully saturated rings. The Kier molecular flexibility index (Phi) is 6.11. The summed E-state index contributed by atoms with van der Waals surface area (Å²) in [6.45, 7) is 2.68. The molecule has 0 saturated heterocycles. The highest BCUT2D eigenvalue weighted by atomic mass is 16.5. The third-order valence-electron chi connectivity index (χ3n) is 2.60. The molecule has 0 heterocycles. The zero-order chi connectivity index (χ0) is 14.3. The summed E-state index contributed by atoms with van der Waals surface area (Å²) < 4.78 is 4.98. The van der Waals surface area contributed by atoms with Gasteiger partial charge in [-0.15, -0.1) is 0 Å². The summed E-state index contributed by atoms with van der Waals surface area (Å²) in [5, 5.41) is 15.0. The van der Waals surface area contributed by atoms with E-state index >= 15 is 0 Å². The molecule has 0 saturated carbocycles. The first-order valence-electron chi connectivity index (χ1n) is 6.16. The van der Waals surface area contributed by atoms with E-state index in [-0.39, 0.29) is 18.6 Å². The van der Waals surface area contributed by atoms with Gasteiger partial charge in [-0.25, -0.2) is 0 Å². The summed E-state index contributed by atoms with van der Waals surface area (Å²) in [4.78, 5) is 11.7. The SMILES string of the molecule is CCNC(=O)c1ccc(N)c(NC(CO)COC)c1. The fraction of sp³-hybridized carbons (Fsp3) is 0.462. The fourth-order valence-corrected chi connectivity index (χ4v) is 1.65. The monoisotopic (exact) mass is 267 g/mol. The number of benzene rings is 1. The van der Waals surface area contributed by atoms with Gasteiger partial charge >= 0.3 is 0 Å². The second-order valence-corrected chi connectivity index (χ2v) is 4.14. The van der Waals surface area contributed by atoms with Gasteiger partial charge in [-0.1, -0.05) is 0 Å². The van der Waals surface area contributed by atoms with E-state index in [9.17, 15) is 9.90 Å². The number of carbonyl (C=O) groups is 1. The van der Waals surface area contributed by atoms with Crippen molar-refractivity contribution < 1.29 is 14.6 Å². The van der Waals surface area contributed by atoms with E-state index in [1.54, 1.807) is 25.3 Å². The third-order valence-corrected chi connectivity index (χ3v) is 2.60. The van der Waals surface area contributed by atoms with Crippen LogP contribution in [0.2, 0.25) is 0 Å². The number of methoxy groups -OCH3 is 1. The van der Waals surface area contributed by atoms with Crippen LogP contribution in [0, 0.1) is 0 Å². The molecular weight excluding hydrogens is 246 g/mol. The van der Waals surface area contributed by atoms with Crippen LogP contribution in [0.1, 0.15) is 17.3 Å². The summed E-state index contributed by atoms with van der Waals surface area (Å²) in [5.74, 6) is -0.155. The Balaban J connectivity index is 2.87. The number of aliphatic hydroxyl groups excluding tert-OH is 1. The third kappa shape index (κ3) is 4.42. The van der Waals surface area contributed by atoms with Gasteiger partial charge in [0.2, 0.25) is 0 Å². The number of amides is 1. The molecule has 6 heteroatoms. The lowest BCUT2D eigenvalue weighted by molar-refractivity contribution is 0.0956. The van der Waals surface area contributed by atoms with Crippen molar-refractivity contribution in [3.05, 3.63) is 23.8 Å². The summed E-state index contributed by atoms with van der Waals surface area (Å²) >= 11 is 0. The smallest absolute Gasteiger partial charge is 0.251 e. The van der Waals surface area contributed by atoms with Crippen molar-refractivity contribution in [1.82, 2.24) is 5.32 Å². The molecule has 106 valence electrons. The summed E-state index contributed by atoms with van der Waals surface area (Å²) in [6, 6.07) is 4.72. The second kappa shape index (κ2) is 7.60. The highest BCUT2D eigenvalue weighted by molar-refractivity contribution is 5.96. The van der Waals surface area contributed by atoms with Crippen LogP contribution in [0.3, 0.4) is 0 Å². The Labute approximate surface area is 112 Å². The number of anilines is 2. The predicted octanol–water partition coefficient (Wildman–Crippen LogP) is 0.438. The Bertz CT molecular complexity index is 424. The van der Waals surface area contributed by atoms with E-state index in [2.05, 4.69) is 10.6 Å². The lowest BCUT2D eigenvalue weighted by Crippen LogP contribution is -2.29. The van der Waals surface area contributed by atoms with Crippen LogP contribution < -0.4 is 16.4 Å². The first-order valence-corrected chi connectivity index (χ1v) is 6.16. The number of rotatable bonds is 7. The topological polar surface area (TPSA) is 96.6 Å². The maximum Gasteiger partial charge on any atom is 0.251 e.